The van der Waals surface area contributed by atoms with E-state index in [2.05, 4.69) is 30.8 Å². The molecule has 1 amide bonds. The van der Waals surface area contributed by atoms with E-state index in [0.717, 1.165) is 28.4 Å². The van der Waals surface area contributed by atoms with Crippen molar-refractivity contribution in [1.29, 1.82) is 0 Å². The highest BCUT2D eigenvalue weighted by molar-refractivity contribution is 5.88. The minimum atomic E-state index is -0.0999. The zero-order chi connectivity index (χ0) is 20.1. The third kappa shape index (κ3) is 5.20. The number of carbonyl (C=O) groups is 1. The standard InChI is InChI=1S/C21H24N6O/c1-14-13-20(24-17-9-11-19(12-10-17)27(3)4)26-21(22-14)25-18-7-5-16(6-8-18)23-15(2)28/h5-13H,1-4H3,(H,23,28)(H2,22,24,25,26). The molecule has 2 aromatic carbocycles. The summed E-state index contributed by atoms with van der Waals surface area (Å²) >= 11 is 0. The summed E-state index contributed by atoms with van der Waals surface area (Å²) in [5.74, 6) is 1.11. The highest BCUT2D eigenvalue weighted by Crippen LogP contribution is 2.22. The predicted molar refractivity (Wildman–Crippen MR) is 115 cm³/mol. The summed E-state index contributed by atoms with van der Waals surface area (Å²) in [6, 6.07) is 17.4. The second kappa shape index (κ2) is 8.39. The van der Waals surface area contributed by atoms with Crippen LogP contribution < -0.4 is 20.9 Å². The van der Waals surface area contributed by atoms with E-state index in [1.807, 2.05) is 75.6 Å². The van der Waals surface area contributed by atoms with Gasteiger partial charge in [0.05, 0.1) is 0 Å². The zero-order valence-electron chi connectivity index (χ0n) is 16.4. The minimum absolute atomic E-state index is 0.0999. The molecular formula is C21H24N6O. The molecular weight excluding hydrogens is 352 g/mol. The van der Waals surface area contributed by atoms with Gasteiger partial charge >= 0.3 is 0 Å². The molecule has 0 spiro atoms. The quantitative estimate of drug-likeness (QED) is 0.595. The summed E-state index contributed by atoms with van der Waals surface area (Å²) in [5, 5.41) is 9.25. The molecule has 28 heavy (non-hydrogen) atoms. The molecule has 0 bridgehead atoms. The summed E-state index contributed by atoms with van der Waals surface area (Å²) in [4.78, 5) is 22.1. The Hall–Kier alpha value is -3.61. The van der Waals surface area contributed by atoms with E-state index in [9.17, 15) is 4.79 Å². The molecule has 1 aromatic heterocycles. The van der Waals surface area contributed by atoms with Gasteiger partial charge in [0, 0.05) is 55.5 Å². The van der Waals surface area contributed by atoms with Gasteiger partial charge in [-0.05, 0) is 55.5 Å². The Morgan fingerprint density at radius 1 is 0.857 bits per heavy atom. The van der Waals surface area contributed by atoms with Crippen LogP contribution in [0.3, 0.4) is 0 Å². The predicted octanol–water partition coefficient (Wildman–Crippen LogP) is 4.30. The number of hydrogen-bond acceptors (Lipinski definition) is 6. The second-order valence-corrected chi connectivity index (χ2v) is 6.67. The fourth-order valence-electron chi connectivity index (χ4n) is 2.65. The largest absolute Gasteiger partial charge is 0.378 e. The molecule has 0 unspecified atom stereocenters. The average molecular weight is 376 g/mol. The van der Waals surface area contributed by atoms with Gasteiger partial charge in [-0.2, -0.15) is 4.98 Å². The molecule has 7 nitrogen and oxygen atoms in total. The number of nitrogens with zero attached hydrogens (tertiary/aromatic N) is 3. The molecule has 1 heterocycles. The molecule has 0 aliphatic heterocycles. The van der Waals surface area contributed by atoms with Gasteiger partial charge in [-0.1, -0.05) is 0 Å². The molecule has 3 aromatic rings. The van der Waals surface area contributed by atoms with E-state index in [-0.39, 0.29) is 5.91 Å². The summed E-state index contributed by atoms with van der Waals surface area (Å²) < 4.78 is 0. The molecule has 0 radical (unpaired) electrons. The fourth-order valence-corrected chi connectivity index (χ4v) is 2.65. The van der Waals surface area contributed by atoms with Crippen molar-refractivity contribution in [1.82, 2.24) is 9.97 Å². The van der Waals surface area contributed by atoms with Gasteiger partial charge < -0.3 is 20.9 Å². The Morgan fingerprint density at radius 2 is 1.43 bits per heavy atom. The Bertz CT molecular complexity index is 952. The van der Waals surface area contributed by atoms with Crippen LogP contribution in [0, 0.1) is 6.92 Å². The van der Waals surface area contributed by atoms with E-state index in [0.29, 0.717) is 11.8 Å². The first kappa shape index (κ1) is 19.2. The number of aryl methyl sites for hydroxylation is 1. The van der Waals surface area contributed by atoms with Crippen LogP contribution in [0.4, 0.5) is 34.5 Å². The Kier molecular flexibility index (Phi) is 5.74. The second-order valence-electron chi connectivity index (χ2n) is 6.67. The number of rotatable bonds is 6. The monoisotopic (exact) mass is 376 g/mol. The number of benzene rings is 2. The van der Waals surface area contributed by atoms with Crippen LogP contribution in [0.15, 0.2) is 54.6 Å². The van der Waals surface area contributed by atoms with Crippen molar-refractivity contribution >= 4 is 40.4 Å². The lowest BCUT2D eigenvalue weighted by atomic mass is 10.2. The maximum atomic E-state index is 11.1. The molecule has 0 aliphatic carbocycles. The lowest BCUT2D eigenvalue weighted by Gasteiger charge is -2.14. The summed E-state index contributed by atoms with van der Waals surface area (Å²) in [6.07, 6.45) is 0. The maximum absolute atomic E-state index is 11.1. The van der Waals surface area contributed by atoms with Crippen LogP contribution in [0.1, 0.15) is 12.6 Å². The van der Waals surface area contributed by atoms with Crippen molar-refractivity contribution in [2.75, 3.05) is 34.9 Å². The lowest BCUT2D eigenvalue weighted by molar-refractivity contribution is -0.114. The highest BCUT2D eigenvalue weighted by Gasteiger charge is 2.05. The van der Waals surface area contributed by atoms with Crippen molar-refractivity contribution in [2.24, 2.45) is 0 Å². The number of hydrogen-bond donors (Lipinski definition) is 3. The average Bonchev–Trinajstić information content (AvgIpc) is 2.63. The van der Waals surface area contributed by atoms with Crippen LogP contribution in [-0.2, 0) is 4.79 Å². The number of nitrogens with one attached hydrogen (secondary N) is 3. The van der Waals surface area contributed by atoms with E-state index < -0.39 is 0 Å². The van der Waals surface area contributed by atoms with Crippen LogP contribution >= 0.6 is 0 Å². The highest BCUT2D eigenvalue weighted by atomic mass is 16.1. The number of amides is 1. The minimum Gasteiger partial charge on any atom is -0.378 e. The first-order chi connectivity index (χ1) is 13.4. The van der Waals surface area contributed by atoms with Crippen LogP contribution in [0.5, 0.6) is 0 Å². The van der Waals surface area contributed by atoms with E-state index in [1.165, 1.54) is 6.92 Å². The van der Waals surface area contributed by atoms with Gasteiger partial charge in [0.2, 0.25) is 11.9 Å². The smallest absolute Gasteiger partial charge is 0.229 e. The summed E-state index contributed by atoms with van der Waals surface area (Å²) in [7, 11) is 4.02. The first-order valence-electron chi connectivity index (χ1n) is 8.94. The molecule has 0 saturated carbocycles. The molecule has 0 fully saturated rings. The normalized spacial score (nSPS) is 10.3. The van der Waals surface area contributed by atoms with Crippen molar-refractivity contribution in [3.05, 3.63) is 60.3 Å². The fraction of sp³-hybridized carbons (Fsp3) is 0.190. The Morgan fingerprint density at radius 3 is 2.04 bits per heavy atom. The Labute approximate surface area is 164 Å². The molecule has 0 aliphatic rings. The molecule has 0 atom stereocenters. The van der Waals surface area contributed by atoms with Gasteiger partial charge in [0.1, 0.15) is 5.82 Å². The van der Waals surface area contributed by atoms with Crippen molar-refractivity contribution in [3.8, 4) is 0 Å². The molecule has 3 rings (SSSR count). The molecule has 7 heteroatoms. The summed E-state index contributed by atoms with van der Waals surface area (Å²) in [6.45, 7) is 3.41. The Balaban J connectivity index is 1.73. The van der Waals surface area contributed by atoms with Crippen LogP contribution in [0.2, 0.25) is 0 Å². The molecule has 3 N–H and O–H groups in total. The maximum Gasteiger partial charge on any atom is 0.229 e. The van der Waals surface area contributed by atoms with E-state index in [1.54, 1.807) is 0 Å². The SMILES string of the molecule is CC(=O)Nc1ccc(Nc2nc(C)cc(Nc3ccc(N(C)C)cc3)n2)cc1. The molecule has 0 saturated heterocycles. The third-order valence-electron chi connectivity index (χ3n) is 3.97. The zero-order valence-corrected chi connectivity index (χ0v) is 16.4. The van der Waals surface area contributed by atoms with Gasteiger partial charge in [0.15, 0.2) is 0 Å². The van der Waals surface area contributed by atoms with Crippen LogP contribution in [-0.4, -0.2) is 30.0 Å². The van der Waals surface area contributed by atoms with E-state index >= 15 is 0 Å². The van der Waals surface area contributed by atoms with E-state index in [4.69, 9.17) is 0 Å². The van der Waals surface area contributed by atoms with Crippen molar-refractivity contribution in [2.45, 2.75) is 13.8 Å². The van der Waals surface area contributed by atoms with Gasteiger partial charge in [0.25, 0.3) is 0 Å². The third-order valence-corrected chi connectivity index (χ3v) is 3.97. The van der Waals surface area contributed by atoms with Gasteiger partial charge in [-0.25, -0.2) is 4.98 Å². The lowest BCUT2D eigenvalue weighted by Crippen LogP contribution is -2.08. The topological polar surface area (TPSA) is 82.2 Å². The van der Waals surface area contributed by atoms with Gasteiger partial charge in [-0.15, -0.1) is 0 Å². The van der Waals surface area contributed by atoms with Crippen molar-refractivity contribution < 1.29 is 4.79 Å². The number of anilines is 6. The summed E-state index contributed by atoms with van der Waals surface area (Å²) in [5.41, 5.74) is 4.51. The number of carbonyl (C=O) groups excluding carboxylic acids is 1. The van der Waals surface area contributed by atoms with Gasteiger partial charge in [-0.3, -0.25) is 4.79 Å². The molecule has 144 valence electrons. The van der Waals surface area contributed by atoms with Crippen molar-refractivity contribution in [3.63, 3.8) is 0 Å². The van der Waals surface area contributed by atoms with Crippen LogP contribution in [0.25, 0.3) is 0 Å². The first-order valence-corrected chi connectivity index (χ1v) is 8.94. The number of aromatic nitrogens is 2.